The van der Waals surface area contributed by atoms with Crippen LogP contribution >= 0.6 is 0 Å². The zero-order chi connectivity index (χ0) is 42.3. The topological polar surface area (TPSA) is 74.3 Å². The summed E-state index contributed by atoms with van der Waals surface area (Å²) >= 11 is 0. The third-order valence-electron chi connectivity index (χ3n) is 12.3. The highest BCUT2D eigenvalue weighted by molar-refractivity contribution is 6.99. The van der Waals surface area contributed by atoms with Crippen LogP contribution in [0.5, 0.6) is 0 Å². The number of amides is 2. The van der Waals surface area contributed by atoms with Crippen LogP contribution in [0.4, 0.5) is 4.79 Å². The first-order chi connectivity index (χ1) is 27.4. The van der Waals surface area contributed by atoms with Crippen molar-refractivity contribution in [2.75, 3.05) is 0 Å². The molecule has 58 heavy (non-hydrogen) atoms. The predicted molar refractivity (Wildman–Crippen MR) is 240 cm³/mol. The number of cyclic esters (lactones) is 1. The Morgan fingerprint density at radius 3 is 1.72 bits per heavy atom. The summed E-state index contributed by atoms with van der Waals surface area (Å²) in [6.07, 6.45) is -0.0595. The molecule has 1 fully saturated rings. The van der Waals surface area contributed by atoms with Crippen molar-refractivity contribution >= 4 is 39.0 Å². The van der Waals surface area contributed by atoms with Crippen LogP contribution in [0.3, 0.4) is 0 Å². The van der Waals surface area contributed by atoms with Gasteiger partial charge in [-0.15, -0.1) is 0 Å². The van der Waals surface area contributed by atoms with Crippen LogP contribution in [-0.2, 0) is 29.7 Å². The summed E-state index contributed by atoms with van der Waals surface area (Å²) in [6, 6.07) is 40.9. The molecule has 7 nitrogen and oxygen atoms in total. The predicted octanol–water partition coefficient (Wildman–Crippen LogP) is 10.8. The van der Waals surface area contributed by atoms with E-state index in [1.54, 1.807) is 0 Å². The maximum Gasteiger partial charge on any atom is 0.417 e. The number of hydrogen-bond acceptors (Lipinski definition) is 6. The van der Waals surface area contributed by atoms with Gasteiger partial charge in [0.1, 0.15) is 6.10 Å². The monoisotopic (exact) mass is 821 g/mol. The second-order valence-corrected chi connectivity index (χ2v) is 27.7. The van der Waals surface area contributed by atoms with Gasteiger partial charge in [0.15, 0.2) is 8.32 Å². The fraction of sp³-hybridized carbons (Fsp3) is 0.469. The molecule has 1 heterocycles. The molecular formula is C49H67NO6Si2. The summed E-state index contributed by atoms with van der Waals surface area (Å²) in [5, 5.41) is 2.21. The smallest absolute Gasteiger partial charge is 0.417 e. The van der Waals surface area contributed by atoms with Gasteiger partial charge >= 0.3 is 6.09 Å². The zero-order valence-electron chi connectivity index (χ0n) is 36.7. The maximum atomic E-state index is 14.5. The third kappa shape index (κ3) is 10.5. The molecule has 1 aliphatic heterocycles. The number of imide groups is 1. The van der Waals surface area contributed by atoms with Crippen LogP contribution in [0.15, 0.2) is 121 Å². The molecule has 1 aliphatic rings. The van der Waals surface area contributed by atoms with Gasteiger partial charge in [0.05, 0.1) is 30.8 Å². The van der Waals surface area contributed by atoms with Gasteiger partial charge in [-0.3, -0.25) is 4.79 Å². The molecule has 312 valence electrons. The van der Waals surface area contributed by atoms with Crippen molar-refractivity contribution in [3.63, 3.8) is 0 Å². The van der Waals surface area contributed by atoms with E-state index < -0.39 is 46.9 Å². The Morgan fingerprint density at radius 1 is 0.724 bits per heavy atom. The Balaban J connectivity index is 1.44. The van der Waals surface area contributed by atoms with Gasteiger partial charge in [-0.1, -0.05) is 170 Å². The van der Waals surface area contributed by atoms with Gasteiger partial charge in [-0.05, 0) is 77.8 Å². The average Bonchev–Trinajstić information content (AvgIpc) is 3.50. The van der Waals surface area contributed by atoms with Gasteiger partial charge in [0, 0.05) is 6.10 Å². The Bertz CT molecular complexity index is 1860. The highest BCUT2D eigenvalue weighted by Gasteiger charge is 2.51. The summed E-state index contributed by atoms with van der Waals surface area (Å²) in [5.74, 6) is -0.871. The number of carbonyl (C=O) groups excluding carboxylic acids is 2. The molecule has 4 aromatic carbocycles. The van der Waals surface area contributed by atoms with Crippen molar-refractivity contribution in [3.05, 3.63) is 132 Å². The fourth-order valence-corrected chi connectivity index (χ4v) is 14.2. The number of hydrogen-bond donors (Lipinski definition) is 0. The number of ether oxygens (including phenoxy) is 2. The SMILES string of the molecule is C[C@@H]1[C@H](c2ccccc2)OC(=O)N1C(=O)[C@H](C)[C@H](CC[C@@H](C[C@H](C)O[Si](c1ccccc1)(c1ccccc1)C(C)(C)C)OCc1ccccc1)O[Si](C)(C)C(C)(C)C. The molecule has 0 aliphatic carbocycles. The highest BCUT2D eigenvalue weighted by atomic mass is 28.4. The van der Waals surface area contributed by atoms with E-state index in [0.29, 0.717) is 25.9 Å². The average molecular weight is 822 g/mol. The number of rotatable bonds is 17. The van der Waals surface area contributed by atoms with Crippen molar-refractivity contribution < 1.29 is 27.9 Å². The molecule has 1 saturated heterocycles. The Morgan fingerprint density at radius 2 is 1.22 bits per heavy atom. The molecule has 0 aromatic heterocycles. The van der Waals surface area contributed by atoms with Crippen molar-refractivity contribution in [1.29, 1.82) is 0 Å². The van der Waals surface area contributed by atoms with Gasteiger partial charge in [-0.2, -0.15) is 0 Å². The van der Waals surface area contributed by atoms with E-state index in [2.05, 4.69) is 134 Å². The first kappa shape index (κ1) is 45.2. The maximum absolute atomic E-state index is 14.5. The van der Waals surface area contributed by atoms with E-state index in [4.69, 9.17) is 18.3 Å². The standard InChI is InChI=1S/C49H67NO6Si2/c1-36(55-58(49(7,8)9,42-28-20-14-21-29-42)43-30-22-15-23-31-43)34-41(53-35-39-24-16-12-17-25-39)32-33-44(56-57(10,11)48(4,5)6)37(2)46(51)50-38(3)45(54-47(50)52)40-26-18-13-19-27-40/h12-31,36-38,41,44-45H,32-35H2,1-11H3/t36-,37+,38+,41-,44-,45+/m0/s1. The lowest BCUT2D eigenvalue weighted by Crippen LogP contribution is -2.67. The largest absolute Gasteiger partial charge is 0.439 e. The summed E-state index contributed by atoms with van der Waals surface area (Å²) in [5.41, 5.74) is 1.97. The van der Waals surface area contributed by atoms with E-state index in [-0.39, 0.29) is 28.2 Å². The van der Waals surface area contributed by atoms with E-state index in [9.17, 15) is 9.59 Å². The summed E-state index contributed by atoms with van der Waals surface area (Å²) in [6.45, 7) is 24.4. The molecule has 0 spiro atoms. The van der Waals surface area contributed by atoms with Gasteiger partial charge in [0.25, 0.3) is 8.32 Å². The van der Waals surface area contributed by atoms with E-state index >= 15 is 0 Å². The molecule has 0 bridgehead atoms. The van der Waals surface area contributed by atoms with Crippen molar-refractivity contribution in [2.24, 2.45) is 5.92 Å². The van der Waals surface area contributed by atoms with Crippen molar-refractivity contribution in [1.82, 2.24) is 4.90 Å². The minimum absolute atomic E-state index is 0.0896. The van der Waals surface area contributed by atoms with E-state index in [1.165, 1.54) is 15.3 Å². The molecule has 4 aromatic rings. The normalized spacial score (nSPS) is 18.7. The highest BCUT2D eigenvalue weighted by Crippen LogP contribution is 2.41. The minimum atomic E-state index is -2.82. The van der Waals surface area contributed by atoms with Gasteiger partial charge in [0.2, 0.25) is 5.91 Å². The van der Waals surface area contributed by atoms with E-state index in [0.717, 1.165) is 11.1 Å². The molecule has 9 heteroatoms. The molecule has 0 unspecified atom stereocenters. The molecule has 0 saturated carbocycles. The molecule has 2 amide bonds. The molecule has 6 atom stereocenters. The molecular weight excluding hydrogens is 755 g/mol. The Labute approximate surface area is 350 Å². The van der Waals surface area contributed by atoms with Gasteiger partial charge in [-0.25, -0.2) is 9.69 Å². The van der Waals surface area contributed by atoms with Crippen LogP contribution in [0.1, 0.15) is 98.8 Å². The Kier molecular flexibility index (Phi) is 14.8. The lowest BCUT2D eigenvalue weighted by molar-refractivity contribution is -0.136. The summed E-state index contributed by atoms with van der Waals surface area (Å²) in [4.78, 5) is 29.2. The first-order valence-electron chi connectivity index (χ1n) is 21.1. The zero-order valence-corrected chi connectivity index (χ0v) is 38.7. The quantitative estimate of drug-likeness (QED) is 0.0988. The van der Waals surface area contributed by atoms with Gasteiger partial charge < -0.3 is 18.3 Å². The number of benzene rings is 4. The first-order valence-corrected chi connectivity index (χ1v) is 25.9. The molecule has 0 radical (unpaired) electrons. The number of nitrogens with zero attached hydrogens (tertiary/aromatic N) is 1. The lowest BCUT2D eigenvalue weighted by atomic mass is 9.95. The van der Waals surface area contributed by atoms with E-state index in [1.807, 2.05) is 62.4 Å². The summed E-state index contributed by atoms with van der Waals surface area (Å²) < 4.78 is 27.3. The number of carbonyl (C=O) groups is 2. The third-order valence-corrected chi connectivity index (χ3v) is 22.0. The lowest BCUT2D eigenvalue weighted by Gasteiger charge is -2.45. The molecule has 5 rings (SSSR count). The second kappa shape index (κ2) is 19.0. The van der Waals surface area contributed by atoms with Crippen LogP contribution in [0, 0.1) is 5.92 Å². The van der Waals surface area contributed by atoms with Crippen LogP contribution in [0.25, 0.3) is 0 Å². The van der Waals surface area contributed by atoms with Crippen LogP contribution < -0.4 is 10.4 Å². The van der Waals surface area contributed by atoms with Crippen molar-refractivity contribution in [2.45, 2.75) is 142 Å². The molecule has 0 N–H and O–H groups in total. The fourth-order valence-electron chi connectivity index (χ4n) is 8.01. The van der Waals surface area contributed by atoms with Crippen LogP contribution in [-0.4, -0.2) is 57.9 Å². The summed E-state index contributed by atoms with van der Waals surface area (Å²) in [7, 11) is -5.19. The second-order valence-electron chi connectivity index (χ2n) is 18.7. The van der Waals surface area contributed by atoms with Crippen molar-refractivity contribution in [3.8, 4) is 0 Å². The van der Waals surface area contributed by atoms with Crippen LogP contribution in [0.2, 0.25) is 23.2 Å². The Hall–Kier alpha value is -3.87. The minimum Gasteiger partial charge on any atom is -0.439 e.